The first-order valence-electron chi connectivity index (χ1n) is 5.74. The lowest BCUT2D eigenvalue weighted by Gasteiger charge is -2.15. The molecular weight excluding hydrogens is 458 g/mol. The Hall–Kier alpha value is 0.310. The number of aromatic nitrogens is 2. The quantitative estimate of drug-likeness (QED) is 0.707. The SMILES string of the molecule is CNC(Cc1c(Br)c(C)nn1C)c1cc(Br)c(Br)s1. The van der Waals surface area contributed by atoms with Gasteiger partial charge in [-0.05, 0) is 67.8 Å². The van der Waals surface area contributed by atoms with Crippen LogP contribution in [0.25, 0.3) is 0 Å². The monoisotopic (exact) mass is 469 g/mol. The summed E-state index contributed by atoms with van der Waals surface area (Å²) in [7, 11) is 3.98. The molecule has 7 heteroatoms. The molecule has 0 amide bonds. The van der Waals surface area contributed by atoms with Gasteiger partial charge < -0.3 is 5.32 Å². The minimum absolute atomic E-state index is 0.277. The van der Waals surface area contributed by atoms with Crippen molar-refractivity contribution in [2.45, 2.75) is 19.4 Å². The van der Waals surface area contributed by atoms with E-state index < -0.39 is 0 Å². The Morgan fingerprint density at radius 3 is 2.53 bits per heavy atom. The number of likely N-dealkylation sites (N-methyl/N-ethyl adjacent to an activating group) is 1. The molecule has 2 aromatic rings. The summed E-state index contributed by atoms with van der Waals surface area (Å²) in [6, 6.07) is 2.44. The molecule has 0 aliphatic carbocycles. The first kappa shape index (κ1) is 15.7. The van der Waals surface area contributed by atoms with Crippen molar-refractivity contribution in [3.63, 3.8) is 0 Å². The summed E-state index contributed by atoms with van der Waals surface area (Å²) < 4.78 is 5.28. The van der Waals surface area contributed by atoms with Crippen LogP contribution < -0.4 is 5.32 Å². The van der Waals surface area contributed by atoms with E-state index in [1.54, 1.807) is 11.3 Å². The highest BCUT2D eigenvalue weighted by Gasteiger charge is 2.19. The minimum Gasteiger partial charge on any atom is -0.312 e. The Balaban J connectivity index is 2.29. The summed E-state index contributed by atoms with van der Waals surface area (Å²) in [5.74, 6) is 0. The summed E-state index contributed by atoms with van der Waals surface area (Å²) in [6.45, 7) is 2.01. The van der Waals surface area contributed by atoms with Crippen LogP contribution >= 0.6 is 59.1 Å². The highest BCUT2D eigenvalue weighted by Crippen LogP contribution is 2.37. The largest absolute Gasteiger partial charge is 0.312 e. The zero-order valence-corrected chi connectivity index (χ0v) is 16.4. The predicted octanol–water partition coefficient (Wildman–Crippen LogP) is 4.58. The van der Waals surface area contributed by atoms with E-state index in [2.05, 4.69) is 64.3 Å². The molecule has 0 aromatic carbocycles. The van der Waals surface area contributed by atoms with Crippen LogP contribution in [-0.4, -0.2) is 16.8 Å². The zero-order chi connectivity index (χ0) is 14.2. The first-order chi connectivity index (χ1) is 8.93. The molecule has 2 rings (SSSR count). The molecule has 2 aromatic heterocycles. The fourth-order valence-electron chi connectivity index (χ4n) is 1.98. The Morgan fingerprint density at radius 1 is 1.42 bits per heavy atom. The molecule has 2 heterocycles. The van der Waals surface area contributed by atoms with Crippen molar-refractivity contribution >= 4 is 59.1 Å². The molecule has 19 heavy (non-hydrogen) atoms. The summed E-state index contributed by atoms with van der Waals surface area (Å²) in [5, 5.41) is 7.82. The third-order valence-corrected chi connectivity index (χ3v) is 7.42. The van der Waals surface area contributed by atoms with Gasteiger partial charge in [0.15, 0.2) is 0 Å². The Labute approximate surface area is 142 Å². The first-order valence-corrected chi connectivity index (χ1v) is 8.93. The summed E-state index contributed by atoms with van der Waals surface area (Å²) in [6.07, 6.45) is 0.897. The van der Waals surface area contributed by atoms with Gasteiger partial charge in [-0.15, -0.1) is 11.3 Å². The molecule has 0 saturated heterocycles. The Kier molecular flexibility index (Phi) is 5.28. The molecule has 0 saturated carbocycles. The van der Waals surface area contributed by atoms with E-state index in [4.69, 9.17) is 0 Å². The third kappa shape index (κ3) is 3.32. The maximum atomic E-state index is 4.44. The highest BCUT2D eigenvalue weighted by atomic mass is 79.9. The van der Waals surface area contributed by atoms with Crippen LogP contribution in [0, 0.1) is 6.92 Å². The molecule has 0 fully saturated rings. The van der Waals surface area contributed by atoms with Crippen molar-refractivity contribution in [2.24, 2.45) is 7.05 Å². The van der Waals surface area contributed by atoms with Crippen molar-refractivity contribution in [2.75, 3.05) is 7.05 Å². The topological polar surface area (TPSA) is 29.9 Å². The van der Waals surface area contributed by atoms with Gasteiger partial charge in [0.25, 0.3) is 0 Å². The van der Waals surface area contributed by atoms with Gasteiger partial charge in [0.05, 0.1) is 19.6 Å². The maximum Gasteiger partial charge on any atom is 0.0843 e. The van der Waals surface area contributed by atoms with Crippen LogP contribution in [0.1, 0.15) is 22.3 Å². The van der Waals surface area contributed by atoms with Crippen LogP contribution in [0.15, 0.2) is 18.8 Å². The predicted molar refractivity (Wildman–Crippen MR) is 90.9 cm³/mol. The van der Waals surface area contributed by atoms with Crippen LogP contribution in [-0.2, 0) is 13.5 Å². The molecule has 0 aliphatic heterocycles. The average molecular weight is 472 g/mol. The third-order valence-electron chi connectivity index (χ3n) is 3.02. The van der Waals surface area contributed by atoms with Crippen molar-refractivity contribution < 1.29 is 0 Å². The molecule has 0 radical (unpaired) electrons. The fraction of sp³-hybridized carbons (Fsp3) is 0.417. The summed E-state index contributed by atoms with van der Waals surface area (Å²) >= 11 is 12.5. The average Bonchev–Trinajstić information content (AvgIpc) is 2.80. The second-order valence-electron chi connectivity index (χ2n) is 4.29. The van der Waals surface area contributed by atoms with E-state index in [0.29, 0.717) is 0 Å². The van der Waals surface area contributed by atoms with Crippen LogP contribution in [0.5, 0.6) is 0 Å². The number of nitrogens with one attached hydrogen (secondary N) is 1. The van der Waals surface area contributed by atoms with E-state index in [0.717, 1.165) is 24.8 Å². The van der Waals surface area contributed by atoms with Crippen LogP contribution in [0.4, 0.5) is 0 Å². The molecule has 0 spiro atoms. The van der Waals surface area contributed by atoms with Gasteiger partial charge in [0, 0.05) is 28.9 Å². The number of halogens is 3. The van der Waals surface area contributed by atoms with E-state index in [1.165, 1.54) is 10.6 Å². The molecular formula is C12H14Br3N3S. The minimum atomic E-state index is 0.277. The summed E-state index contributed by atoms with van der Waals surface area (Å²) in [4.78, 5) is 1.30. The van der Waals surface area contributed by atoms with Crippen molar-refractivity contribution in [3.8, 4) is 0 Å². The van der Waals surface area contributed by atoms with E-state index >= 15 is 0 Å². The fourth-order valence-corrected chi connectivity index (χ4v) is 4.67. The number of hydrogen-bond donors (Lipinski definition) is 1. The van der Waals surface area contributed by atoms with Crippen LogP contribution in [0.3, 0.4) is 0 Å². The number of rotatable bonds is 4. The summed E-state index contributed by atoms with van der Waals surface area (Å²) in [5.41, 5.74) is 2.23. The van der Waals surface area contributed by atoms with Crippen molar-refractivity contribution in [1.82, 2.24) is 15.1 Å². The lowest BCUT2D eigenvalue weighted by atomic mass is 10.1. The maximum absolute atomic E-state index is 4.44. The van der Waals surface area contributed by atoms with E-state index in [9.17, 15) is 0 Å². The molecule has 3 nitrogen and oxygen atoms in total. The van der Waals surface area contributed by atoms with Crippen LogP contribution in [0.2, 0.25) is 0 Å². The van der Waals surface area contributed by atoms with Gasteiger partial charge in [-0.3, -0.25) is 4.68 Å². The number of thiophene rings is 1. The van der Waals surface area contributed by atoms with Gasteiger partial charge >= 0.3 is 0 Å². The Bertz CT molecular complexity index is 572. The molecule has 0 aliphatic rings. The van der Waals surface area contributed by atoms with Gasteiger partial charge in [-0.25, -0.2) is 0 Å². The molecule has 1 atom stereocenters. The van der Waals surface area contributed by atoms with Gasteiger partial charge in [0.2, 0.25) is 0 Å². The normalized spacial score (nSPS) is 12.9. The van der Waals surface area contributed by atoms with E-state index in [-0.39, 0.29) is 6.04 Å². The molecule has 1 N–H and O–H groups in total. The number of hydrogen-bond acceptors (Lipinski definition) is 3. The molecule has 1 unspecified atom stereocenters. The zero-order valence-electron chi connectivity index (χ0n) is 10.8. The number of aryl methyl sites for hydroxylation is 2. The van der Waals surface area contributed by atoms with Gasteiger partial charge in [0.1, 0.15) is 0 Å². The second kappa shape index (κ2) is 6.39. The Morgan fingerprint density at radius 2 is 2.11 bits per heavy atom. The number of nitrogens with zero attached hydrogens (tertiary/aromatic N) is 2. The smallest absolute Gasteiger partial charge is 0.0843 e. The van der Waals surface area contributed by atoms with Gasteiger partial charge in [-0.1, -0.05) is 0 Å². The van der Waals surface area contributed by atoms with Gasteiger partial charge in [-0.2, -0.15) is 5.10 Å². The standard InChI is InChI=1S/C12H14Br3N3S/c1-6-11(14)9(18(3)17-6)5-8(16-2)10-4-7(13)12(15)19-10/h4,8,16H,5H2,1-3H3. The second-order valence-corrected chi connectivity index (χ2v) is 8.33. The molecule has 0 bridgehead atoms. The molecule has 104 valence electrons. The van der Waals surface area contributed by atoms with Crippen molar-refractivity contribution in [3.05, 3.63) is 35.1 Å². The lowest BCUT2D eigenvalue weighted by molar-refractivity contribution is 0.568. The lowest BCUT2D eigenvalue weighted by Crippen LogP contribution is -2.19. The highest BCUT2D eigenvalue weighted by molar-refractivity contribution is 9.13. The van der Waals surface area contributed by atoms with E-state index in [1.807, 2.05) is 25.7 Å². The van der Waals surface area contributed by atoms with Crippen molar-refractivity contribution in [1.29, 1.82) is 0 Å².